The molecule has 0 saturated carbocycles. The van der Waals surface area contributed by atoms with Crippen molar-refractivity contribution in [2.24, 2.45) is 0 Å². The lowest BCUT2D eigenvalue weighted by Crippen LogP contribution is -2.24. The van der Waals surface area contributed by atoms with Gasteiger partial charge in [0.15, 0.2) is 0 Å². The van der Waals surface area contributed by atoms with E-state index in [9.17, 15) is 9.90 Å². The van der Waals surface area contributed by atoms with Crippen molar-refractivity contribution in [2.75, 3.05) is 0 Å². The quantitative estimate of drug-likeness (QED) is 0.683. The minimum Gasteiger partial charge on any atom is -0.478 e. The number of aliphatic hydroxyl groups excluding tert-OH is 1. The van der Waals surface area contributed by atoms with Gasteiger partial charge in [0, 0.05) is 10.9 Å². The third kappa shape index (κ3) is 0.935. The van der Waals surface area contributed by atoms with Gasteiger partial charge in [0.05, 0.1) is 17.8 Å². The van der Waals surface area contributed by atoms with Crippen molar-refractivity contribution >= 4 is 21.9 Å². The van der Waals surface area contributed by atoms with E-state index in [0.29, 0.717) is 10.9 Å². The van der Waals surface area contributed by atoms with E-state index in [1.807, 2.05) is 0 Å². The van der Waals surface area contributed by atoms with Crippen molar-refractivity contribution < 1.29 is 19.7 Å². The van der Waals surface area contributed by atoms with E-state index in [1.54, 1.807) is 0 Å². The SMILES string of the molecule is O=C(O)C1=C(Br)[C@H]2O[C@@H]1C[C@H]2O. The molecular weight excluding hydrogens is 228 g/mol. The zero-order chi connectivity index (χ0) is 8.88. The molecule has 0 aliphatic carbocycles. The van der Waals surface area contributed by atoms with Gasteiger partial charge in [-0.25, -0.2) is 4.79 Å². The summed E-state index contributed by atoms with van der Waals surface area (Å²) >= 11 is 3.12. The number of carbonyl (C=O) groups is 1. The van der Waals surface area contributed by atoms with E-state index in [4.69, 9.17) is 9.84 Å². The lowest BCUT2D eigenvalue weighted by Gasteiger charge is -2.13. The van der Waals surface area contributed by atoms with Crippen molar-refractivity contribution in [1.29, 1.82) is 0 Å². The van der Waals surface area contributed by atoms with Gasteiger partial charge in [0.1, 0.15) is 6.10 Å². The second-order valence-electron chi connectivity index (χ2n) is 2.92. The molecule has 2 aliphatic rings. The summed E-state index contributed by atoms with van der Waals surface area (Å²) in [6.07, 6.45) is -1.06. The van der Waals surface area contributed by atoms with Gasteiger partial charge in [0.25, 0.3) is 0 Å². The van der Waals surface area contributed by atoms with Gasteiger partial charge in [0.2, 0.25) is 0 Å². The highest BCUT2D eigenvalue weighted by atomic mass is 79.9. The zero-order valence-corrected chi connectivity index (χ0v) is 7.61. The molecule has 0 radical (unpaired) electrons. The summed E-state index contributed by atoms with van der Waals surface area (Å²) < 4.78 is 5.70. The third-order valence-electron chi connectivity index (χ3n) is 2.18. The van der Waals surface area contributed by atoms with Crippen molar-refractivity contribution in [2.45, 2.75) is 24.7 Å². The summed E-state index contributed by atoms with van der Waals surface area (Å²) in [7, 11) is 0. The Morgan fingerprint density at radius 2 is 2.33 bits per heavy atom. The molecule has 0 spiro atoms. The van der Waals surface area contributed by atoms with Gasteiger partial charge >= 0.3 is 5.97 Å². The molecule has 2 rings (SSSR count). The van der Waals surface area contributed by atoms with Gasteiger partial charge in [-0.3, -0.25) is 0 Å². The highest BCUT2D eigenvalue weighted by Crippen LogP contribution is 2.42. The van der Waals surface area contributed by atoms with E-state index < -0.39 is 24.3 Å². The predicted octanol–water partition coefficient (Wildman–Crippen LogP) is 0.252. The molecule has 4 nitrogen and oxygen atoms in total. The number of halogens is 1. The molecule has 66 valence electrons. The van der Waals surface area contributed by atoms with Gasteiger partial charge in [-0.05, 0) is 0 Å². The smallest absolute Gasteiger partial charge is 0.335 e. The largest absolute Gasteiger partial charge is 0.478 e. The molecule has 2 bridgehead atoms. The maximum atomic E-state index is 10.7. The first-order valence-corrected chi connectivity index (χ1v) is 4.37. The minimum atomic E-state index is -0.971. The van der Waals surface area contributed by atoms with E-state index in [2.05, 4.69) is 15.9 Å². The molecule has 0 aromatic heterocycles. The first kappa shape index (κ1) is 8.22. The average Bonchev–Trinajstić information content (AvgIpc) is 2.42. The average molecular weight is 235 g/mol. The monoisotopic (exact) mass is 234 g/mol. The van der Waals surface area contributed by atoms with Crippen LogP contribution in [0.2, 0.25) is 0 Å². The molecule has 1 fully saturated rings. The van der Waals surface area contributed by atoms with Crippen LogP contribution in [0.5, 0.6) is 0 Å². The topological polar surface area (TPSA) is 66.8 Å². The summed E-state index contributed by atoms with van der Waals surface area (Å²) in [6, 6.07) is 0. The van der Waals surface area contributed by atoms with E-state index in [1.165, 1.54) is 0 Å². The molecule has 5 heteroatoms. The van der Waals surface area contributed by atoms with Crippen LogP contribution in [0.4, 0.5) is 0 Å². The number of hydrogen-bond acceptors (Lipinski definition) is 3. The predicted molar refractivity (Wildman–Crippen MR) is 42.9 cm³/mol. The van der Waals surface area contributed by atoms with Crippen LogP contribution < -0.4 is 0 Å². The lowest BCUT2D eigenvalue weighted by molar-refractivity contribution is -0.133. The molecular formula is C7H7BrO4. The Morgan fingerprint density at radius 3 is 2.75 bits per heavy atom. The number of rotatable bonds is 1. The van der Waals surface area contributed by atoms with Gasteiger partial charge in [-0.1, -0.05) is 15.9 Å². The van der Waals surface area contributed by atoms with Crippen molar-refractivity contribution in [3.63, 3.8) is 0 Å². The Balaban J connectivity index is 2.36. The number of ether oxygens (including phenoxy) is 1. The standard InChI is InChI=1S/C7H7BrO4/c8-5-4(7(10)11)3-1-2(9)6(5)12-3/h2-3,6,9H,1H2,(H,10,11)/t2-,3-,6+/m1/s1. The van der Waals surface area contributed by atoms with Gasteiger partial charge < -0.3 is 14.9 Å². The molecule has 2 aliphatic heterocycles. The van der Waals surface area contributed by atoms with Crippen LogP contribution in [-0.4, -0.2) is 34.5 Å². The van der Waals surface area contributed by atoms with Crippen molar-refractivity contribution in [3.8, 4) is 0 Å². The van der Waals surface area contributed by atoms with Crippen LogP contribution in [-0.2, 0) is 9.53 Å². The first-order valence-electron chi connectivity index (χ1n) is 3.57. The normalized spacial score (nSPS) is 39.3. The van der Waals surface area contributed by atoms with Crippen LogP contribution >= 0.6 is 15.9 Å². The van der Waals surface area contributed by atoms with Crippen LogP contribution in [0.3, 0.4) is 0 Å². The third-order valence-corrected chi connectivity index (χ3v) is 3.05. The molecule has 0 aromatic rings. The van der Waals surface area contributed by atoms with E-state index in [-0.39, 0.29) is 5.57 Å². The van der Waals surface area contributed by atoms with E-state index >= 15 is 0 Å². The second-order valence-corrected chi connectivity index (χ2v) is 3.77. The fourth-order valence-electron chi connectivity index (χ4n) is 1.63. The Morgan fingerprint density at radius 1 is 1.67 bits per heavy atom. The Kier molecular flexibility index (Phi) is 1.75. The lowest BCUT2D eigenvalue weighted by atomic mass is 9.97. The number of carboxylic acid groups (broad SMARTS) is 1. The number of fused-ring (bicyclic) bond motifs is 2. The summed E-state index contributed by atoms with van der Waals surface area (Å²) in [5.74, 6) is -0.971. The van der Waals surface area contributed by atoms with Crippen molar-refractivity contribution in [1.82, 2.24) is 0 Å². The molecule has 0 aromatic carbocycles. The van der Waals surface area contributed by atoms with Crippen LogP contribution in [0.25, 0.3) is 0 Å². The number of aliphatic hydroxyl groups is 1. The van der Waals surface area contributed by atoms with Gasteiger partial charge in [-0.15, -0.1) is 0 Å². The highest BCUT2D eigenvalue weighted by Gasteiger charge is 2.47. The molecule has 0 amide bonds. The maximum Gasteiger partial charge on any atom is 0.335 e. The molecule has 1 saturated heterocycles. The fourth-order valence-corrected chi connectivity index (χ4v) is 2.47. The molecule has 3 atom stereocenters. The van der Waals surface area contributed by atoms with Gasteiger partial charge in [-0.2, -0.15) is 0 Å². The summed E-state index contributed by atoms with van der Waals surface area (Å²) in [5.41, 5.74) is 0.255. The number of hydrogen-bond donors (Lipinski definition) is 2. The molecule has 2 N–H and O–H groups in total. The van der Waals surface area contributed by atoms with Crippen molar-refractivity contribution in [3.05, 3.63) is 10.1 Å². The Labute approximate surface area is 77.0 Å². The van der Waals surface area contributed by atoms with Crippen LogP contribution in [0.15, 0.2) is 10.1 Å². The van der Waals surface area contributed by atoms with Crippen LogP contribution in [0, 0.1) is 0 Å². The molecule has 0 unspecified atom stereocenters. The van der Waals surface area contributed by atoms with E-state index in [0.717, 1.165) is 0 Å². The van der Waals surface area contributed by atoms with Crippen LogP contribution in [0.1, 0.15) is 6.42 Å². The summed E-state index contributed by atoms with van der Waals surface area (Å²) in [6.45, 7) is 0. The Hall–Kier alpha value is -0.390. The second kappa shape index (κ2) is 2.55. The minimum absolute atomic E-state index is 0.255. The first-order chi connectivity index (χ1) is 5.61. The Bertz CT molecular complexity index is 273. The highest BCUT2D eigenvalue weighted by molar-refractivity contribution is 9.11. The summed E-state index contributed by atoms with van der Waals surface area (Å²) in [4.78, 5) is 10.7. The summed E-state index contributed by atoms with van der Waals surface area (Å²) in [5, 5.41) is 18.0. The maximum absolute atomic E-state index is 10.7. The fraction of sp³-hybridized carbons (Fsp3) is 0.571. The number of carboxylic acids is 1. The molecule has 12 heavy (non-hydrogen) atoms. The zero-order valence-electron chi connectivity index (χ0n) is 6.03. The molecule has 2 heterocycles. The number of aliphatic carboxylic acids is 1.